The van der Waals surface area contributed by atoms with Gasteiger partial charge in [-0.25, -0.2) is 9.18 Å². The van der Waals surface area contributed by atoms with Crippen molar-refractivity contribution in [3.05, 3.63) is 64.9 Å². The van der Waals surface area contributed by atoms with Crippen molar-refractivity contribution < 1.29 is 27.1 Å². The van der Waals surface area contributed by atoms with Crippen LogP contribution in [-0.2, 0) is 22.3 Å². The highest BCUT2D eigenvalue weighted by Crippen LogP contribution is 2.48. The second-order valence-electron chi connectivity index (χ2n) is 10.1. The van der Waals surface area contributed by atoms with E-state index in [0.29, 0.717) is 11.3 Å². The number of ether oxygens (including phenoxy) is 1. The molecule has 2 aliphatic rings. The topological polar surface area (TPSA) is 67.7 Å². The average Bonchev–Trinajstić information content (AvgIpc) is 3.10. The van der Waals surface area contributed by atoms with Gasteiger partial charge in [-0.15, -0.1) is 11.8 Å². The van der Waals surface area contributed by atoms with Crippen LogP contribution in [0.3, 0.4) is 0 Å². The number of alkyl halides is 3. The third-order valence-electron chi connectivity index (χ3n) is 7.42. The number of carbonyl (C=O) groups excluding carboxylic acids is 1. The number of aromatic nitrogens is 2. The summed E-state index contributed by atoms with van der Waals surface area (Å²) in [5, 5.41) is 0.180. The molecule has 7 nitrogen and oxygen atoms in total. The Bertz CT molecular complexity index is 1530. The second-order valence-corrected chi connectivity index (χ2v) is 11.1. The summed E-state index contributed by atoms with van der Waals surface area (Å²) < 4.78 is 64.8. The molecule has 3 unspecified atom stereocenters. The number of rotatable bonds is 4. The van der Waals surface area contributed by atoms with Gasteiger partial charge >= 0.3 is 11.9 Å². The molecule has 0 saturated carbocycles. The maximum absolute atomic E-state index is 14.7. The van der Waals surface area contributed by atoms with Crippen LogP contribution in [0, 0.1) is 5.82 Å². The summed E-state index contributed by atoms with van der Waals surface area (Å²) in [6, 6.07) is 5.28. The van der Waals surface area contributed by atoms with Crippen LogP contribution in [0.2, 0.25) is 0 Å². The van der Waals surface area contributed by atoms with Gasteiger partial charge in [0.25, 0.3) is 0 Å². The predicted molar refractivity (Wildman–Crippen MR) is 146 cm³/mol. The lowest BCUT2D eigenvalue weighted by Gasteiger charge is -2.44. The first-order valence-corrected chi connectivity index (χ1v) is 13.7. The standard InChI is InChI=1S/C28H28F4N4O3S/c1-5-22(37)36-15(2)11-34(12-16(36)3)26-20-10-21(28(30,31)32)23(17-6-8-18(29)9-7-17)25-24(20)35(27(38)33-26)13-19(39-4)14-40-25/h5-10,15-16,19H,1,11-14H2,2-4H3. The minimum absolute atomic E-state index is 0.113. The van der Waals surface area contributed by atoms with Crippen molar-refractivity contribution in [1.82, 2.24) is 14.5 Å². The van der Waals surface area contributed by atoms with Crippen molar-refractivity contribution in [2.75, 3.05) is 30.9 Å². The average molecular weight is 577 g/mol. The first-order chi connectivity index (χ1) is 18.9. The molecule has 0 aliphatic carbocycles. The Morgan fingerprint density at radius 3 is 2.38 bits per heavy atom. The van der Waals surface area contributed by atoms with Crippen LogP contribution in [0.15, 0.2) is 52.7 Å². The number of amides is 1. The van der Waals surface area contributed by atoms with Crippen LogP contribution in [-0.4, -0.2) is 64.5 Å². The van der Waals surface area contributed by atoms with E-state index in [4.69, 9.17) is 4.74 Å². The monoisotopic (exact) mass is 576 g/mol. The molecule has 0 radical (unpaired) electrons. The molecule has 1 saturated heterocycles. The summed E-state index contributed by atoms with van der Waals surface area (Å²) in [5.74, 6) is -0.383. The Labute approximate surface area is 232 Å². The second kappa shape index (κ2) is 10.5. The molecular weight excluding hydrogens is 548 g/mol. The number of hydrogen-bond acceptors (Lipinski definition) is 6. The third kappa shape index (κ3) is 4.87. The molecule has 1 amide bonds. The Kier molecular flexibility index (Phi) is 7.43. The molecule has 0 N–H and O–H groups in total. The SMILES string of the molecule is C=CC(=O)N1C(C)CN(c2nc(=O)n3c4c(c(-c5ccc(F)cc5)c(C(F)(F)F)cc24)SCC(OC)C3)CC1C. The Morgan fingerprint density at radius 1 is 1.15 bits per heavy atom. The van der Waals surface area contributed by atoms with Crippen molar-refractivity contribution in [1.29, 1.82) is 0 Å². The molecule has 5 rings (SSSR count). The summed E-state index contributed by atoms with van der Waals surface area (Å²) in [5.41, 5.74) is -1.11. The van der Waals surface area contributed by atoms with Crippen molar-refractivity contribution >= 4 is 34.4 Å². The molecule has 40 heavy (non-hydrogen) atoms. The zero-order chi connectivity index (χ0) is 28.9. The molecule has 3 heterocycles. The first kappa shape index (κ1) is 28.2. The van der Waals surface area contributed by atoms with Crippen LogP contribution >= 0.6 is 11.8 Å². The number of thioether (sulfide) groups is 1. The van der Waals surface area contributed by atoms with Crippen LogP contribution in [0.5, 0.6) is 0 Å². The van der Waals surface area contributed by atoms with E-state index in [9.17, 15) is 27.2 Å². The van der Waals surface area contributed by atoms with Crippen molar-refractivity contribution in [2.24, 2.45) is 0 Å². The fourth-order valence-corrected chi connectivity index (χ4v) is 7.00. The van der Waals surface area contributed by atoms with Crippen LogP contribution in [0.4, 0.5) is 23.4 Å². The van der Waals surface area contributed by atoms with Crippen molar-refractivity contribution in [3.63, 3.8) is 0 Å². The fourth-order valence-electron chi connectivity index (χ4n) is 5.68. The summed E-state index contributed by atoms with van der Waals surface area (Å²) in [4.78, 5) is 33.9. The molecule has 1 fully saturated rings. The lowest BCUT2D eigenvalue weighted by Crippen LogP contribution is -2.58. The Hall–Kier alpha value is -3.38. The number of methoxy groups -OCH3 is 1. The van der Waals surface area contributed by atoms with Crippen LogP contribution in [0.1, 0.15) is 19.4 Å². The number of carbonyl (C=O) groups is 1. The van der Waals surface area contributed by atoms with Gasteiger partial charge in [-0.1, -0.05) is 18.7 Å². The third-order valence-corrected chi connectivity index (χ3v) is 8.64. The van der Waals surface area contributed by atoms with E-state index in [1.54, 1.807) is 9.80 Å². The van der Waals surface area contributed by atoms with E-state index in [-0.39, 0.29) is 64.9 Å². The molecule has 0 spiro atoms. The van der Waals surface area contributed by atoms with E-state index >= 15 is 0 Å². The van der Waals surface area contributed by atoms with E-state index in [1.807, 2.05) is 13.8 Å². The van der Waals surface area contributed by atoms with Gasteiger partial charge in [0.1, 0.15) is 11.6 Å². The molecular formula is C28H28F4N4O3S. The highest BCUT2D eigenvalue weighted by atomic mass is 32.2. The molecule has 3 aromatic rings. The number of halogens is 4. The fraction of sp³-hybridized carbons (Fsp3) is 0.393. The lowest BCUT2D eigenvalue weighted by atomic mass is 9.96. The van der Waals surface area contributed by atoms with Gasteiger partial charge in [-0.2, -0.15) is 18.2 Å². The number of nitrogens with zero attached hydrogens (tertiary/aromatic N) is 4. The first-order valence-electron chi connectivity index (χ1n) is 12.7. The van der Waals surface area contributed by atoms with Gasteiger partial charge in [-0.05, 0) is 43.7 Å². The summed E-state index contributed by atoms with van der Waals surface area (Å²) in [6.07, 6.45) is -3.97. The van der Waals surface area contributed by atoms with Gasteiger partial charge in [0.15, 0.2) is 0 Å². The smallest absolute Gasteiger partial charge is 0.379 e. The molecule has 212 valence electrons. The van der Waals surface area contributed by atoms with E-state index < -0.39 is 29.4 Å². The van der Waals surface area contributed by atoms with E-state index in [2.05, 4.69) is 11.6 Å². The van der Waals surface area contributed by atoms with Gasteiger partial charge in [-0.3, -0.25) is 9.36 Å². The largest absolute Gasteiger partial charge is 0.417 e. The van der Waals surface area contributed by atoms with Gasteiger partial charge < -0.3 is 14.5 Å². The Balaban J connectivity index is 1.81. The number of piperazine rings is 1. The number of benzene rings is 2. The zero-order valence-corrected chi connectivity index (χ0v) is 23.0. The molecule has 12 heteroatoms. The minimum atomic E-state index is -4.75. The predicted octanol–water partition coefficient (Wildman–Crippen LogP) is 4.95. The zero-order valence-electron chi connectivity index (χ0n) is 22.2. The lowest BCUT2D eigenvalue weighted by molar-refractivity contribution is -0.137. The highest BCUT2D eigenvalue weighted by molar-refractivity contribution is 7.99. The van der Waals surface area contributed by atoms with Crippen LogP contribution in [0.25, 0.3) is 22.0 Å². The molecule has 3 atom stereocenters. The van der Waals surface area contributed by atoms with E-state index in [0.717, 1.165) is 18.2 Å². The number of hydrogen-bond donors (Lipinski definition) is 0. The normalized spacial score (nSPS) is 21.4. The summed E-state index contributed by atoms with van der Waals surface area (Å²) in [6.45, 7) is 7.87. The summed E-state index contributed by atoms with van der Waals surface area (Å²) in [7, 11) is 1.49. The molecule has 2 aromatic carbocycles. The minimum Gasteiger partial charge on any atom is -0.379 e. The quantitative estimate of drug-likeness (QED) is 0.324. The number of anilines is 1. The maximum atomic E-state index is 14.7. The van der Waals surface area contributed by atoms with E-state index in [1.165, 1.54) is 41.6 Å². The molecule has 1 aromatic heterocycles. The van der Waals surface area contributed by atoms with Gasteiger partial charge in [0.05, 0.1) is 23.7 Å². The summed E-state index contributed by atoms with van der Waals surface area (Å²) >= 11 is 1.17. The Morgan fingerprint density at radius 2 is 1.80 bits per heavy atom. The van der Waals surface area contributed by atoms with Gasteiger partial charge in [0.2, 0.25) is 5.91 Å². The molecule has 0 bridgehead atoms. The highest BCUT2D eigenvalue weighted by Gasteiger charge is 2.39. The van der Waals surface area contributed by atoms with Gasteiger partial charge in [0, 0.05) is 53.9 Å². The maximum Gasteiger partial charge on any atom is 0.417 e. The van der Waals surface area contributed by atoms with Crippen molar-refractivity contribution in [3.8, 4) is 11.1 Å². The van der Waals surface area contributed by atoms with Crippen molar-refractivity contribution in [2.45, 2.75) is 49.7 Å². The van der Waals surface area contributed by atoms with Crippen LogP contribution < -0.4 is 10.6 Å². The molecule has 2 aliphatic heterocycles.